The third-order valence-corrected chi connectivity index (χ3v) is 4.51. The summed E-state index contributed by atoms with van der Waals surface area (Å²) in [6, 6.07) is 6.31. The van der Waals surface area contributed by atoms with Crippen LogP contribution >= 0.6 is 0 Å². The van der Waals surface area contributed by atoms with E-state index in [-0.39, 0.29) is 11.9 Å². The molecule has 1 aliphatic heterocycles. The molecule has 1 aliphatic rings. The maximum Gasteiger partial charge on any atom is 0.165 e. The molecule has 1 heterocycles. The monoisotopic (exact) mass is 308 g/mol. The Labute approximate surface area is 133 Å². The molecule has 4 heteroatoms. The van der Waals surface area contributed by atoms with Crippen molar-refractivity contribution in [1.29, 1.82) is 0 Å². The molecule has 1 saturated heterocycles. The van der Waals surface area contributed by atoms with Crippen LogP contribution in [0.4, 0.5) is 4.39 Å². The molecule has 0 radical (unpaired) electrons. The summed E-state index contributed by atoms with van der Waals surface area (Å²) in [4.78, 5) is 0. The van der Waals surface area contributed by atoms with Crippen molar-refractivity contribution in [2.75, 3.05) is 13.7 Å². The summed E-state index contributed by atoms with van der Waals surface area (Å²) < 4.78 is 18.8. The number of benzene rings is 1. The first-order valence-corrected chi connectivity index (χ1v) is 8.43. The van der Waals surface area contributed by atoms with Crippen molar-refractivity contribution in [3.05, 3.63) is 29.6 Å². The van der Waals surface area contributed by atoms with E-state index < -0.39 is 0 Å². The van der Waals surface area contributed by atoms with E-state index in [1.807, 2.05) is 6.07 Å². The summed E-state index contributed by atoms with van der Waals surface area (Å²) in [5.41, 5.74) is 0.957. The van der Waals surface area contributed by atoms with Gasteiger partial charge in [-0.1, -0.05) is 18.9 Å². The van der Waals surface area contributed by atoms with Crippen LogP contribution in [0.15, 0.2) is 18.2 Å². The summed E-state index contributed by atoms with van der Waals surface area (Å²) in [6.45, 7) is 5.43. The minimum absolute atomic E-state index is 0.126. The van der Waals surface area contributed by atoms with Crippen molar-refractivity contribution in [2.24, 2.45) is 0 Å². The Morgan fingerprint density at radius 1 is 1.32 bits per heavy atom. The molecule has 2 N–H and O–H groups in total. The van der Waals surface area contributed by atoms with Crippen LogP contribution in [0, 0.1) is 5.82 Å². The number of hydrogen-bond donors (Lipinski definition) is 2. The minimum atomic E-state index is -0.299. The fourth-order valence-corrected chi connectivity index (χ4v) is 3.27. The molecular weight excluding hydrogens is 279 g/mol. The molecule has 0 spiro atoms. The second-order valence-corrected chi connectivity index (χ2v) is 6.42. The van der Waals surface area contributed by atoms with Crippen LogP contribution in [0.3, 0.4) is 0 Å². The van der Waals surface area contributed by atoms with Gasteiger partial charge in [0, 0.05) is 18.1 Å². The van der Waals surface area contributed by atoms with E-state index in [1.165, 1.54) is 32.8 Å². The Morgan fingerprint density at radius 2 is 2.14 bits per heavy atom. The molecule has 0 amide bonds. The molecule has 0 aliphatic carbocycles. The highest BCUT2D eigenvalue weighted by Crippen LogP contribution is 2.22. The molecule has 3 nitrogen and oxygen atoms in total. The SMILES string of the molecule is COc1ccc(C(C)NC(C)CC2CCCCCN2)cc1F. The normalized spacial score (nSPS) is 21.9. The van der Waals surface area contributed by atoms with Crippen molar-refractivity contribution >= 4 is 0 Å². The first-order valence-electron chi connectivity index (χ1n) is 8.43. The summed E-state index contributed by atoms with van der Waals surface area (Å²) >= 11 is 0. The highest BCUT2D eigenvalue weighted by Gasteiger charge is 2.17. The fourth-order valence-electron chi connectivity index (χ4n) is 3.27. The zero-order valence-corrected chi connectivity index (χ0v) is 14.0. The lowest BCUT2D eigenvalue weighted by molar-refractivity contribution is 0.375. The smallest absolute Gasteiger partial charge is 0.165 e. The molecule has 124 valence electrons. The summed E-state index contributed by atoms with van der Waals surface area (Å²) in [5, 5.41) is 7.21. The maximum atomic E-state index is 13.8. The number of hydrogen-bond acceptors (Lipinski definition) is 3. The Kier molecular flexibility index (Phi) is 6.65. The Morgan fingerprint density at radius 3 is 2.86 bits per heavy atom. The van der Waals surface area contributed by atoms with Crippen LogP contribution in [-0.2, 0) is 0 Å². The second-order valence-electron chi connectivity index (χ2n) is 6.42. The summed E-state index contributed by atoms with van der Waals surface area (Å²) in [5.74, 6) is -0.00149. The molecule has 0 saturated carbocycles. The first-order chi connectivity index (χ1) is 10.6. The number of methoxy groups -OCH3 is 1. The van der Waals surface area contributed by atoms with Gasteiger partial charge in [-0.15, -0.1) is 0 Å². The number of nitrogens with one attached hydrogen (secondary N) is 2. The first kappa shape index (κ1) is 17.2. The molecule has 2 rings (SSSR count). The molecule has 3 atom stereocenters. The lowest BCUT2D eigenvalue weighted by Crippen LogP contribution is -2.37. The van der Waals surface area contributed by atoms with Gasteiger partial charge in [0.25, 0.3) is 0 Å². The molecule has 1 aromatic rings. The quantitative estimate of drug-likeness (QED) is 0.839. The third kappa shape index (κ3) is 4.96. The van der Waals surface area contributed by atoms with Gasteiger partial charge in [-0.3, -0.25) is 0 Å². The zero-order valence-electron chi connectivity index (χ0n) is 14.0. The molecule has 0 bridgehead atoms. The zero-order chi connectivity index (χ0) is 15.9. The van der Waals surface area contributed by atoms with Gasteiger partial charge in [-0.2, -0.15) is 0 Å². The molecule has 1 aromatic carbocycles. The van der Waals surface area contributed by atoms with Gasteiger partial charge in [-0.05, 0) is 57.4 Å². The average Bonchev–Trinajstić information content (AvgIpc) is 2.75. The molecular formula is C18H29FN2O. The van der Waals surface area contributed by atoms with Gasteiger partial charge in [0.2, 0.25) is 0 Å². The van der Waals surface area contributed by atoms with E-state index in [0.29, 0.717) is 17.8 Å². The lowest BCUT2D eigenvalue weighted by atomic mass is 10.0. The van der Waals surface area contributed by atoms with Crippen LogP contribution in [0.2, 0.25) is 0 Å². The predicted molar refractivity (Wildman–Crippen MR) is 88.8 cm³/mol. The van der Waals surface area contributed by atoms with Gasteiger partial charge in [0.1, 0.15) is 0 Å². The standard InChI is InChI=1S/C18H29FN2O/c1-13(11-16-7-5-4-6-10-20-16)21-14(2)15-8-9-18(22-3)17(19)12-15/h8-9,12-14,16,20-21H,4-7,10-11H2,1-3H3. The van der Waals surface area contributed by atoms with Gasteiger partial charge in [0.15, 0.2) is 11.6 Å². The fraction of sp³-hybridized carbons (Fsp3) is 0.667. The lowest BCUT2D eigenvalue weighted by Gasteiger charge is -2.25. The third-order valence-electron chi connectivity index (χ3n) is 4.51. The highest BCUT2D eigenvalue weighted by molar-refractivity contribution is 5.30. The largest absolute Gasteiger partial charge is 0.494 e. The van der Waals surface area contributed by atoms with Gasteiger partial charge in [0.05, 0.1) is 7.11 Å². The minimum Gasteiger partial charge on any atom is -0.494 e. The molecule has 1 fully saturated rings. The van der Waals surface area contributed by atoms with Gasteiger partial charge in [-0.25, -0.2) is 4.39 Å². The second kappa shape index (κ2) is 8.49. The van der Waals surface area contributed by atoms with Crippen molar-refractivity contribution in [1.82, 2.24) is 10.6 Å². The van der Waals surface area contributed by atoms with Gasteiger partial charge < -0.3 is 15.4 Å². The van der Waals surface area contributed by atoms with E-state index in [4.69, 9.17) is 4.74 Å². The van der Waals surface area contributed by atoms with Crippen LogP contribution in [0.1, 0.15) is 57.6 Å². The highest BCUT2D eigenvalue weighted by atomic mass is 19.1. The number of ether oxygens (including phenoxy) is 1. The molecule has 0 aromatic heterocycles. The van der Waals surface area contributed by atoms with Crippen molar-refractivity contribution < 1.29 is 9.13 Å². The molecule has 3 unspecified atom stereocenters. The topological polar surface area (TPSA) is 33.3 Å². The van der Waals surface area contributed by atoms with Gasteiger partial charge >= 0.3 is 0 Å². The Bertz CT molecular complexity index is 458. The van der Waals surface area contributed by atoms with Crippen LogP contribution < -0.4 is 15.4 Å². The molecule has 22 heavy (non-hydrogen) atoms. The predicted octanol–water partition coefficient (Wildman–Crippen LogP) is 3.80. The van der Waals surface area contributed by atoms with E-state index >= 15 is 0 Å². The Balaban J connectivity index is 1.87. The van der Waals surface area contributed by atoms with Crippen molar-refractivity contribution in [3.63, 3.8) is 0 Å². The van der Waals surface area contributed by atoms with Crippen molar-refractivity contribution in [2.45, 2.75) is 64.1 Å². The van der Waals surface area contributed by atoms with Crippen molar-refractivity contribution in [3.8, 4) is 5.75 Å². The van der Waals surface area contributed by atoms with E-state index in [2.05, 4.69) is 24.5 Å². The van der Waals surface area contributed by atoms with Crippen LogP contribution in [0.25, 0.3) is 0 Å². The number of rotatable bonds is 6. The summed E-state index contributed by atoms with van der Waals surface area (Å²) in [6.07, 6.45) is 6.33. The Hall–Kier alpha value is -1.13. The van der Waals surface area contributed by atoms with Crippen LogP contribution in [-0.4, -0.2) is 25.7 Å². The van der Waals surface area contributed by atoms with E-state index in [9.17, 15) is 4.39 Å². The van der Waals surface area contributed by atoms with Crippen LogP contribution in [0.5, 0.6) is 5.75 Å². The van der Waals surface area contributed by atoms with E-state index in [1.54, 1.807) is 12.1 Å². The average molecular weight is 308 g/mol. The maximum absolute atomic E-state index is 13.8. The summed E-state index contributed by atoms with van der Waals surface area (Å²) in [7, 11) is 1.49. The number of halogens is 1. The van der Waals surface area contributed by atoms with E-state index in [0.717, 1.165) is 18.5 Å².